The second-order valence-corrected chi connectivity index (χ2v) is 9.81. The van der Waals surface area contributed by atoms with Gasteiger partial charge in [0.1, 0.15) is 6.33 Å². The predicted octanol–water partition coefficient (Wildman–Crippen LogP) is 1.59. The van der Waals surface area contributed by atoms with Crippen molar-refractivity contribution in [3.8, 4) is 22.8 Å². The lowest BCUT2D eigenvalue weighted by atomic mass is 10.1. The molecule has 0 N–H and O–H groups in total. The van der Waals surface area contributed by atoms with Crippen LogP contribution in [0.4, 0.5) is 0 Å². The Kier molecular flexibility index (Phi) is 4.44. The molecule has 13 heteroatoms. The highest BCUT2D eigenvalue weighted by molar-refractivity contribution is 7.89. The Morgan fingerprint density at radius 2 is 1.86 bits per heavy atom. The molecule has 0 fully saturated rings. The van der Waals surface area contributed by atoms with Crippen molar-refractivity contribution in [3.63, 3.8) is 0 Å². The van der Waals surface area contributed by atoms with E-state index >= 15 is 0 Å². The van der Waals surface area contributed by atoms with Gasteiger partial charge in [-0.15, -0.1) is 0 Å². The van der Waals surface area contributed by atoms with Crippen molar-refractivity contribution in [1.82, 2.24) is 43.1 Å². The zero-order valence-corrected chi connectivity index (χ0v) is 19.3. The van der Waals surface area contributed by atoms with Crippen molar-refractivity contribution in [2.45, 2.75) is 6.92 Å². The Morgan fingerprint density at radius 3 is 2.63 bits per heavy atom. The number of aryl methyl sites for hydroxylation is 1. The summed E-state index contributed by atoms with van der Waals surface area (Å²) in [4.78, 5) is 22.3. The molecule has 6 heterocycles. The minimum Gasteiger partial charge on any atom is -0.279 e. The Balaban J connectivity index is 1.63. The molecule has 6 rings (SSSR count). The van der Waals surface area contributed by atoms with Gasteiger partial charge in [0.25, 0.3) is 15.6 Å². The molecule has 0 saturated heterocycles. The van der Waals surface area contributed by atoms with E-state index in [4.69, 9.17) is 0 Å². The molecule has 0 radical (unpaired) electrons. The maximum atomic E-state index is 13.5. The van der Waals surface area contributed by atoms with Gasteiger partial charge in [0.2, 0.25) is 0 Å². The molecular weight excluding hydrogens is 470 g/mol. The SMILES string of the molecule is Cc1cccc(-n2nc3c(=O)n(-c4cnn(S(C)(=O)=O)c4)ccc3c2-c2ccc3ncnn3c2)n1. The second-order valence-electron chi connectivity index (χ2n) is 7.97. The first-order chi connectivity index (χ1) is 16.8. The Labute approximate surface area is 197 Å². The maximum absolute atomic E-state index is 13.5. The number of hydrogen-bond acceptors (Lipinski definition) is 8. The van der Waals surface area contributed by atoms with E-state index in [1.54, 1.807) is 21.5 Å². The van der Waals surface area contributed by atoms with Crippen LogP contribution in [-0.4, -0.2) is 57.8 Å². The number of fused-ring (bicyclic) bond motifs is 2. The maximum Gasteiger partial charge on any atom is 0.283 e. The van der Waals surface area contributed by atoms with Gasteiger partial charge in [-0.3, -0.25) is 9.36 Å². The average Bonchev–Trinajstić information content (AvgIpc) is 3.56. The minimum absolute atomic E-state index is 0.191. The molecule has 0 amide bonds. The summed E-state index contributed by atoms with van der Waals surface area (Å²) >= 11 is 0. The van der Waals surface area contributed by atoms with Crippen molar-refractivity contribution in [2.75, 3.05) is 6.26 Å². The van der Waals surface area contributed by atoms with E-state index in [2.05, 4.69) is 25.3 Å². The normalized spacial score (nSPS) is 12.1. The Hall–Kier alpha value is -4.65. The van der Waals surface area contributed by atoms with Crippen LogP contribution in [0.1, 0.15) is 5.69 Å². The van der Waals surface area contributed by atoms with E-state index in [0.29, 0.717) is 28.2 Å². The molecule has 0 aliphatic rings. The van der Waals surface area contributed by atoms with Gasteiger partial charge < -0.3 is 0 Å². The molecule has 0 bridgehead atoms. The Morgan fingerprint density at radius 1 is 1.00 bits per heavy atom. The summed E-state index contributed by atoms with van der Waals surface area (Å²) in [6, 6.07) is 11.0. The highest BCUT2D eigenvalue weighted by Crippen LogP contribution is 2.30. The number of pyridine rings is 3. The molecule has 0 spiro atoms. The third-order valence-corrected chi connectivity index (χ3v) is 6.42. The molecule has 0 atom stereocenters. The van der Waals surface area contributed by atoms with Gasteiger partial charge in [-0.1, -0.05) is 6.07 Å². The summed E-state index contributed by atoms with van der Waals surface area (Å²) in [5.41, 5.74) is 2.97. The fraction of sp³-hybridized carbons (Fsp3) is 0.0909. The molecule has 0 aromatic carbocycles. The topological polar surface area (TPSA) is 135 Å². The lowest BCUT2D eigenvalue weighted by molar-refractivity contribution is 0.586. The number of rotatable bonds is 4. The van der Waals surface area contributed by atoms with Gasteiger partial charge in [0.05, 0.1) is 30.0 Å². The molecule has 6 aromatic heterocycles. The van der Waals surface area contributed by atoms with Crippen LogP contribution in [-0.2, 0) is 10.0 Å². The highest BCUT2D eigenvalue weighted by Gasteiger charge is 2.20. The summed E-state index contributed by atoms with van der Waals surface area (Å²) in [5, 5.41) is 13.3. The molecule has 6 aromatic rings. The lowest BCUT2D eigenvalue weighted by Crippen LogP contribution is -2.17. The number of nitrogens with zero attached hydrogens (tertiary/aromatic N) is 9. The highest BCUT2D eigenvalue weighted by atomic mass is 32.2. The average molecular weight is 488 g/mol. The molecule has 0 aliphatic heterocycles. The third kappa shape index (κ3) is 3.40. The lowest BCUT2D eigenvalue weighted by Gasteiger charge is -2.08. The van der Waals surface area contributed by atoms with E-state index in [9.17, 15) is 13.2 Å². The van der Waals surface area contributed by atoms with Crippen molar-refractivity contribution in [3.05, 3.63) is 83.6 Å². The van der Waals surface area contributed by atoms with E-state index in [1.807, 2.05) is 43.5 Å². The van der Waals surface area contributed by atoms with Gasteiger partial charge in [-0.25, -0.2) is 27.6 Å². The van der Waals surface area contributed by atoms with Gasteiger partial charge in [-0.2, -0.15) is 19.4 Å². The largest absolute Gasteiger partial charge is 0.283 e. The van der Waals surface area contributed by atoms with Crippen LogP contribution in [0, 0.1) is 6.92 Å². The van der Waals surface area contributed by atoms with E-state index in [0.717, 1.165) is 21.6 Å². The van der Waals surface area contributed by atoms with E-state index in [-0.39, 0.29) is 5.52 Å². The first kappa shape index (κ1) is 20.9. The first-order valence-corrected chi connectivity index (χ1v) is 12.3. The zero-order chi connectivity index (χ0) is 24.3. The van der Waals surface area contributed by atoms with Crippen molar-refractivity contribution in [1.29, 1.82) is 0 Å². The molecular formula is C22H17N9O3S. The van der Waals surface area contributed by atoms with E-state index in [1.165, 1.54) is 23.3 Å². The van der Waals surface area contributed by atoms with Crippen LogP contribution in [0.2, 0.25) is 0 Å². The third-order valence-electron chi connectivity index (χ3n) is 5.54. The van der Waals surface area contributed by atoms with Crippen LogP contribution < -0.4 is 5.56 Å². The molecule has 0 saturated carbocycles. The first-order valence-electron chi connectivity index (χ1n) is 10.4. The van der Waals surface area contributed by atoms with Gasteiger partial charge in [0.15, 0.2) is 17.0 Å². The smallest absolute Gasteiger partial charge is 0.279 e. The number of hydrogen-bond donors (Lipinski definition) is 0. The quantitative estimate of drug-likeness (QED) is 0.366. The fourth-order valence-corrected chi connectivity index (χ4v) is 4.45. The van der Waals surface area contributed by atoms with Crippen LogP contribution in [0.15, 0.2) is 72.3 Å². The Bertz CT molecular complexity index is 1930. The van der Waals surface area contributed by atoms with Crippen molar-refractivity contribution < 1.29 is 8.42 Å². The fourth-order valence-electron chi connectivity index (χ4n) is 3.93. The summed E-state index contributed by atoms with van der Waals surface area (Å²) < 4.78 is 29.0. The van der Waals surface area contributed by atoms with Crippen LogP contribution in [0.5, 0.6) is 0 Å². The molecule has 0 unspecified atom stereocenters. The summed E-state index contributed by atoms with van der Waals surface area (Å²) in [6.45, 7) is 1.88. The number of aromatic nitrogens is 9. The predicted molar refractivity (Wildman–Crippen MR) is 127 cm³/mol. The van der Waals surface area contributed by atoms with Gasteiger partial charge in [-0.05, 0) is 37.3 Å². The van der Waals surface area contributed by atoms with Crippen LogP contribution >= 0.6 is 0 Å². The standard InChI is InChI=1S/C22H17N9O3S/c1-14-4-3-5-19(26-14)31-21(15-6-7-18-23-13-25-29(18)11-15)17-8-9-28(22(32)20(17)27-31)16-10-24-30(12-16)35(2,33)34/h3-13H,1-2H3. The molecule has 0 aliphatic carbocycles. The zero-order valence-electron chi connectivity index (χ0n) is 18.5. The summed E-state index contributed by atoms with van der Waals surface area (Å²) in [7, 11) is -3.59. The van der Waals surface area contributed by atoms with Crippen molar-refractivity contribution in [2.24, 2.45) is 0 Å². The van der Waals surface area contributed by atoms with Crippen LogP contribution in [0.3, 0.4) is 0 Å². The van der Waals surface area contributed by atoms with Crippen molar-refractivity contribution >= 4 is 26.6 Å². The molecule has 174 valence electrons. The van der Waals surface area contributed by atoms with Gasteiger partial charge >= 0.3 is 0 Å². The van der Waals surface area contributed by atoms with Crippen LogP contribution in [0.25, 0.3) is 39.3 Å². The summed E-state index contributed by atoms with van der Waals surface area (Å²) in [5.74, 6) is 0.547. The van der Waals surface area contributed by atoms with Gasteiger partial charge in [0, 0.05) is 29.0 Å². The second kappa shape index (κ2) is 7.43. The van der Waals surface area contributed by atoms with E-state index < -0.39 is 15.6 Å². The molecule has 12 nitrogen and oxygen atoms in total. The summed E-state index contributed by atoms with van der Waals surface area (Å²) in [6.07, 6.45) is 8.47. The monoisotopic (exact) mass is 487 g/mol. The molecule has 35 heavy (non-hydrogen) atoms. The minimum atomic E-state index is -3.59.